The van der Waals surface area contributed by atoms with Crippen molar-refractivity contribution < 1.29 is 13.2 Å². The van der Waals surface area contributed by atoms with Crippen molar-refractivity contribution in [3.05, 3.63) is 29.2 Å². The lowest BCUT2D eigenvalue weighted by Crippen LogP contribution is -2.26. The summed E-state index contributed by atoms with van der Waals surface area (Å²) in [5.41, 5.74) is 1.42. The number of thiazole rings is 1. The van der Waals surface area contributed by atoms with Gasteiger partial charge in [-0.3, -0.25) is 9.78 Å². The number of nitrogens with zero attached hydrogens (tertiary/aromatic N) is 2. The number of sulfone groups is 1. The lowest BCUT2D eigenvalue weighted by atomic mass is 10.2. The van der Waals surface area contributed by atoms with E-state index < -0.39 is 15.8 Å². The Hall–Kier alpha value is -1.51. The van der Waals surface area contributed by atoms with Gasteiger partial charge in [0.25, 0.3) is 0 Å². The first kappa shape index (κ1) is 17.8. The van der Waals surface area contributed by atoms with Crippen molar-refractivity contribution in [2.24, 2.45) is 5.92 Å². The molecular formula is C14H16ClN3O3S2. The molecule has 2 heterocycles. The molecule has 23 heavy (non-hydrogen) atoms. The number of hydrogen-bond acceptors (Lipinski definition) is 6. The van der Waals surface area contributed by atoms with Gasteiger partial charge in [-0.25, -0.2) is 13.4 Å². The number of carbonyl (C=O) groups is 1. The van der Waals surface area contributed by atoms with Gasteiger partial charge in [-0.05, 0) is 13.0 Å². The van der Waals surface area contributed by atoms with Crippen LogP contribution >= 0.6 is 22.9 Å². The van der Waals surface area contributed by atoms with Crippen LogP contribution in [-0.2, 0) is 14.6 Å². The van der Waals surface area contributed by atoms with Gasteiger partial charge in [0, 0.05) is 30.1 Å². The molecule has 1 N–H and O–H groups in total. The molecule has 0 aromatic carbocycles. The number of hydrogen-bond donors (Lipinski definition) is 1. The SMILES string of the molecule is Cc1nc(-c2cncc(Cl)c2)sc1NC(=O)C(C)CS(C)(=O)=O. The number of carbonyl (C=O) groups excluding carboxylic acids is 1. The smallest absolute Gasteiger partial charge is 0.228 e. The highest BCUT2D eigenvalue weighted by atomic mass is 35.5. The van der Waals surface area contributed by atoms with Crippen LogP contribution in [-0.4, -0.2) is 36.3 Å². The Bertz CT molecular complexity index is 834. The molecule has 0 fully saturated rings. The molecule has 1 amide bonds. The summed E-state index contributed by atoms with van der Waals surface area (Å²) in [4.78, 5) is 20.5. The minimum atomic E-state index is -3.21. The molecule has 0 aliphatic carbocycles. The molecule has 0 spiro atoms. The van der Waals surface area contributed by atoms with Crippen LogP contribution in [0, 0.1) is 12.8 Å². The molecule has 1 unspecified atom stereocenters. The molecule has 0 aliphatic rings. The molecule has 0 bridgehead atoms. The summed E-state index contributed by atoms with van der Waals surface area (Å²) in [7, 11) is -3.21. The third-order valence-corrected chi connectivity index (χ3v) is 5.42. The topological polar surface area (TPSA) is 89.0 Å². The molecule has 1 atom stereocenters. The van der Waals surface area contributed by atoms with E-state index in [0.29, 0.717) is 20.7 Å². The summed E-state index contributed by atoms with van der Waals surface area (Å²) in [6.07, 6.45) is 4.28. The van der Waals surface area contributed by atoms with E-state index in [2.05, 4.69) is 15.3 Å². The van der Waals surface area contributed by atoms with Gasteiger partial charge >= 0.3 is 0 Å². The van der Waals surface area contributed by atoms with Crippen LogP contribution in [0.4, 0.5) is 5.00 Å². The summed E-state index contributed by atoms with van der Waals surface area (Å²) >= 11 is 7.21. The number of nitrogens with one attached hydrogen (secondary N) is 1. The van der Waals surface area contributed by atoms with E-state index in [0.717, 1.165) is 11.8 Å². The molecule has 9 heteroatoms. The number of amides is 1. The van der Waals surface area contributed by atoms with Crippen LogP contribution in [0.3, 0.4) is 0 Å². The highest BCUT2D eigenvalue weighted by molar-refractivity contribution is 7.90. The third-order valence-electron chi connectivity index (χ3n) is 2.99. The maximum absolute atomic E-state index is 12.1. The van der Waals surface area contributed by atoms with Crippen LogP contribution < -0.4 is 5.32 Å². The fraction of sp³-hybridized carbons (Fsp3) is 0.357. The van der Waals surface area contributed by atoms with Crippen LogP contribution in [0.15, 0.2) is 18.5 Å². The van der Waals surface area contributed by atoms with Gasteiger partial charge in [-0.1, -0.05) is 29.9 Å². The highest BCUT2D eigenvalue weighted by Gasteiger charge is 2.20. The summed E-state index contributed by atoms with van der Waals surface area (Å²) in [5.74, 6) is -1.18. The van der Waals surface area contributed by atoms with E-state index >= 15 is 0 Å². The van der Waals surface area contributed by atoms with Gasteiger partial charge in [0.15, 0.2) is 0 Å². The highest BCUT2D eigenvalue weighted by Crippen LogP contribution is 2.32. The largest absolute Gasteiger partial charge is 0.316 e. The van der Waals surface area contributed by atoms with Crippen molar-refractivity contribution in [1.29, 1.82) is 0 Å². The first-order valence-electron chi connectivity index (χ1n) is 6.72. The van der Waals surface area contributed by atoms with Crippen molar-refractivity contribution in [2.45, 2.75) is 13.8 Å². The maximum atomic E-state index is 12.1. The summed E-state index contributed by atoms with van der Waals surface area (Å²) in [5, 5.41) is 4.51. The maximum Gasteiger partial charge on any atom is 0.228 e. The Kier molecular flexibility index (Phi) is 5.38. The number of aryl methyl sites for hydroxylation is 1. The average Bonchev–Trinajstić information content (AvgIpc) is 2.78. The Balaban J connectivity index is 2.17. The Morgan fingerprint density at radius 3 is 2.74 bits per heavy atom. The van der Waals surface area contributed by atoms with Gasteiger partial charge in [-0.15, -0.1) is 0 Å². The Morgan fingerprint density at radius 1 is 1.43 bits per heavy atom. The van der Waals surface area contributed by atoms with Gasteiger partial charge < -0.3 is 5.32 Å². The van der Waals surface area contributed by atoms with Crippen molar-refractivity contribution in [1.82, 2.24) is 9.97 Å². The summed E-state index contributed by atoms with van der Waals surface area (Å²) in [6, 6.07) is 1.74. The quantitative estimate of drug-likeness (QED) is 0.870. The van der Waals surface area contributed by atoms with Gasteiger partial charge in [0.05, 0.1) is 16.5 Å². The zero-order chi connectivity index (χ0) is 17.2. The molecule has 0 saturated heterocycles. The van der Waals surface area contributed by atoms with Crippen molar-refractivity contribution in [2.75, 3.05) is 17.3 Å². The Morgan fingerprint density at radius 2 is 2.13 bits per heavy atom. The van der Waals surface area contributed by atoms with E-state index in [4.69, 9.17) is 11.6 Å². The van der Waals surface area contributed by atoms with Gasteiger partial charge in [0.1, 0.15) is 19.8 Å². The van der Waals surface area contributed by atoms with E-state index in [1.807, 2.05) is 0 Å². The first-order chi connectivity index (χ1) is 10.7. The molecule has 2 rings (SSSR count). The van der Waals surface area contributed by atoms with E-state index in [1.165, 1.54) is 17.5 Å². The van der Waals surface area contributed by atoms with E-state index in [1.54, 1.807) is 26.1 Å². The predicted octanol–water partition coefficient (Wildman–Crippen LogP) is 2.79. The number of halogens is 1. The van der Waals surface area contributed by atoms with Gasteiger partial charge in [0.2, 0.25) is 5.91 Å². The molecule has 0 saturated carbocycles. The summed E-state index contributed by atoms with van der Waals surface area (Å²) in [6.45, 7) is 3.35. The van der Waals surface area contributed by atoms with Crippen LogP contribution in [0.1, 0.15) is 12.6 Å². The van der Waals surface area contributed by atoms with Crippen molar-refractivity contribution in [3.8, 4) is 10.6 Å². The summed E-state index contributed by atoms with van der Waals surface area (Å²) < 4.78 is 22.6. The lowest BCUT2D eigenvalue weighted by molar-refractivity contribution is -0.118. The normalized spacial score (nSPS) is 12.9. The van der Waals surface area contributed by atoms with E-state index in [-0.39, 0.29) is 11.7 Å². The first-order valence-corrected chi connectivity index (χ1v) is 9.98. The number of anilines is 1. The molecule has 0 radical (unpaired) electrons. The zero-order valence-corrected chi connectivity index (χ0v) is 15.2. The number of pyridine rings is 1. The second kappa shape index (κ2) is 6.94. The third kappa shape index (κ3) is 4.98. The molecular weight excluding hydrogens is 358 g/mol. The van der Waals surface area contributed by atoms with Crippen LogP contribution in [0.2, 0.25) is 5.02 Å². The fourth-order valence-corrected chi connectivity index (χ4v) is 4.11. The standard InChI is InChI=1S/C14H16ClN3O3S2/c1-8(7-23(3,20)21)12(19)18-13-9(2)17-14(22-13)10-4-11(15)6-16-5-10/h4-6,8H,7H2,1-3H3,(H,18,19). The second-order valence-corrected chi connectivity index (χ2v) is 8.93. The minimum absolute atomic E-state index is 0.193. The molecule has 6 nitrogen and oxygen atoms in total. The molecule has 0 aliphatic heterocycles. The van der Waals surface area contributed by atoms with Crippen LogP contribution in [0.25, 0.3) is 10.6 Å². The number of rotatable bonds is 5. The molecule has 2 aromatic heterocycles. The second-order valence-electron chi connectivity index (χ2n) is 5.31. The van der Waals surface area contributed by atoms with Crippen molar-refractivity contribution >= 4 is 43.7 Å². The van der Waals surface area contributed by atoms with Crippen molar-refractivity contribution in [3.63, 3.8) is 0 Å². The van der Waals surface area contributed by atoms with E-state index in [9.17, 15) is 13.2 Å². The molecule has 2 aromatic rings. The average molecular weight is 374 g/mol. The molecule has 124 valence electrons. The fourth-order valence-electron chi connectivity index (χ4n) is 1.93. The van der Waals surface area contributed by atoms with Crippen LogP contribution in [0.5, 0.6) is 0 Å². The monoisotopic (exact) mass is 373 g/mol. The zero-order valence-electron chi connectivity index (χ0n) is 12.8. The number of aromatic nitrogens is 2. The lowest BCUT2D eigenvalue weighted by Gasteiger charge is -2.09. The predicted molar refractivity (Wildman–Crippen MR) is 92.6 cm³/mol. The Labute approximate surface area is 143 Å². The van der Waals surface area contributed by atoms with Gasteiger partial charge in [-0.2, -0.15) is 0 Å². The minimum Gasteiger partial charge on any atom is -0.316 e.